The van der Waals surface area contributed by atoms with Gasteiger partial charge in [-0.05, 0) is 25.8 Å². The van der Waals surface area contributed by atoms with E-state index in [1.807, 2.05) is 0 Å². The third kappa shape index (κ3) is 15.7. The average Bonchev–Trinajstić information content (AvgIpc) is 2.51. The summed E-state index contributed by atoms with van der Waals surface area (Å²) in [7, 11) is 0. The highest BCUT2D eigenvalue weighted by molar-refractivity contribution is 4.89. The summed E-state index contributed by atoms with van der Waals surface area (Å²) < 4.78 is 5.84. The summed E-state index contributed by atoms with van der Waals surface area (Å²) in [4.78, 5) is 0. The fourth-order valence-corrected chi connectivity index (χ4v) is 2.64. The SMILES string of the molecule is C/C=C(/CCCCCCCCCCCC)OCCCCC. The van der Waals surface area contributed by atoms with Gasteiger partial charge in [0.2, 0.25) is 0 Å². The highest BCUT2D eigenvalue weighted by atomic mass is 16.5. The van der Waals surface area contributed by atoms with Crippen LogP contribution in [0.3, 0.4) is 0 Å². The predicted octanol–water partition coefficient (Wildman–Crippen LogP) is 7.41. The molecule has 0 aliphatic carbocycles. The molecular weight excluding hydrogens is 256 g/mol. The van der Waals surface area contributed by atoms with Gasteiger partial charge in [0.25, 0.3) is 0 Å². The average molecular weight is 297 g/mol. The third-order valence-electron chi connectivity index (χ3n) is 4.13. The molecular formula is C20H40O. The molecule has 1 heteroatoms. The van der Waals surface area contributed by atoms with E-state index >= 15 is 0 Å². The molecule has 0 aromatic heterocycles. The van der Waals surface area contributed by atoms with Crippen molar-refractivity contribution in [3.05, 3.63) is 11.8 Å². The molecule has 0 saturated carbocycles. The fourth-order valence-electron chi connectivity index (χ4n) is 2.64. The molecule has 0 radical (unpaired) electrons. The van der Waals surface area contributed by atoms with E-state index in [1.54, 1.807) is 0 Å². The first-order valence-corrected chi connectivity index (χ1v) is 9.63. The van der Waals surface area contributed by atoms with Gasteiger partial charge in [-0.1, -0.05) is 84.5 Å². The molecule has 0 aromatic rings. The second-order valence-corrected chi connectivity index (χ2v) is 6.24. The molecule has 0 fully saturated rings. The molecule has 126 valence electrons. The Balaban J connectivity index is 3.28. The van der Waals surface area contributed by atoms with Gasteiger partial charge in [0.15, 0.2) is 0 Å². The molecule has 0 rings (SSSR count). The molecule has 0 aliphatic rings. The fraction of sp³-hybridized carbons (Fsp3) is 0.900. The highest BCUT2D eigenvalue weighted by Gasteiger charge is 1.98. The van der Waals surface area contributed by atoms with Crippen LogP contribution in [-0.2, 0) is 4.74 Å². The van der Waals surface area contributed by atoms with Gasteiger partial charge in [-0.25, -0.2) is 0 Å². The van der Waals surface area contributed by atoms with Gasteiger partial charge in [-0.15, -0.1) is 0 Å². The Morgan fingerprint density at radius 2 is 1.14 bits per heavy atom. The molecule has 0 atom stereocenters. The van der Waals surface area contributed by atoms with Crippen LogP contribution in [0.1, 0.15) is 111 Å². The molecule has 0 spiro atoms. The Labute approximate surface area is 134 Å². The molecule has 21 heavy (non-hydrogen) atoms. The normalized spacial score (nSPS) is 11.9. The van der Waals surface area contributed by atoms with Gasteiger partial charge in [0, 0.05) is 6.42 Å². The number of unbranched alkanes of at least 4 members (excludes halogenated alkanes) is 11. The van der Waals surface area contributed by atoms with E-state index in [0.29, 0.717) is 0 Å². The van der Waals surface area contributed by atoms with Gasteiger partial charge in [0.05, 0.1) is 12.4 Å². The van der Waals surface area contributed by atoms with Crippen LogP contribution < -0.4 is 0 Å². The van der Waals surface area contributed by atoms with Crippen molar-refractivity contribution in [2.45, 2.75) is 111 Å². The van der Waals surface area contributed by atoms with Crippen molar-refractivity contribution in [3.63, 3.8) is 0 Å². The number of allylic oxidation sites excluding steroid dienone is 2. The Kier molecular flexibility index (Phi) is 17.2. The van der Waals surface area contributed by atoms with E-state index in [1.165, 1.54) is 89.2 Å². The molecule has 0 amide bonds. The van der Waals surface area contributed by atoms with Crippen LogP contribution in [0.4, 0.5) is 0 Å². The third-order valence-corrected chi connectivity index (χ3v) is 4.13. The van der Waals surface area contributed by atoms with Crippen LogP contribution in [-0.4, -0.2) is 6.61 Å². The summed E-state index contributed by atoms with van der Waals surface area (Å²) in [6, 6.07) is 0. The van der Waals surface area contributed by atoms with Crippen LogP contribution in [0, 0.1) is 0 Å². The summed E-state index contributed by atoms with van der Waals surface area (Å²) >= 11 is 0. The minimum absolute atomic E-state index is 0.908. The molecule has 1 nitrogen and oxygen atoms in total. The van der Waals surface area contributed by atoms with Crippen LogP contribution >= 0.6 is 0 Å². The quantitative estimate of drug-likeness (QED) is 0.213. The van der Waals surface area contributed by atoms with Crippen molar-refractivity contribution in [2.24, 2.45) is 0 Å². The topological polar surface area (TPSA) is 9.23 Å². The Morgan fingerprint density at radius 1 is 0.667 bits per heavy atom. The molecule has 0 aromatic carbocycles. The van der Waals surface area contributed by atoms with Gasteiger partial charge in [-0.3, -0.25) is 0 Å². The van der Waals surface area contributed by atoms with E-state index in [-0.39, 0.29) is 0 Å². The Bertz CT molecular complexity index is 220. The highest BCUT2D eigenvalue weighted by Crippen LogP contribution is 2.14. The zero-order valence-corrected chi connectivity index (χ0v) is 15.1. The zero-order chi connectivity index (χ0) is 15.6. The molecule has 0 aliphatic heterocycles. The first kappa shape index (κ1) is 20.5. The standard InChI is InChI=1S/C20H40O/c1-4-7-9-10-11-12-13-14-15-16-18-20(6-3)21-19-17-8-5-2/h6H,4-5,7-19H2,1-3H3/b20-6-. The predicted molar refractivity (Wildman–Crippen MR) is 95.7 cm³/mol. The molecule has 0 unspecified atom stereocenters. The summed E-state index contributed by atoms with van der Waals surface area (Å²) in [5.41, 5.74) is 0. The zero-order valence-electron chi connectivity index (χ0n) is 15.1. The lowest BCUT2D eigenvalue weighted by Gasteiger charge is -2.10. The van der Waals surface area contributed by atoms with Crippen molar-refractivity contribution in [2.75, 3.05) is 6.61 Å². The summed E-state index contributed by atoms with van der Waals surface area (Å²) in [6.45, 7) is 7.53. The first-order valence-electron chi connectivity index (χ1n) is 9.63. The lowest BCUT2D eigenvalue weighted by atomic mass is 10.1. The van der Waals surface area contributed by atoms with Crippen molar-refractivity contribution >= 4 is 0 Å². The maximum Gasteiger partial charge on any atom is 0.0917 e. The monoisotopic (exact) mass is 296 g/mol. The second kappa shape index (κ2) is 17.6. The number of hydrogen-bond donors (Lipinski definition) is 0. The van der Waals surface area contributed by atoms with Crippen molar-refractivity contribution in [1.82, 2.24) is 0 Å². The molecule has 0 saturated heterocycles. The van der Waals surface area contributed by atoms with Crippen LogP contribution in [0.15, 0.2) is 11.8 Å². The summed E-state index contributed by atoms with van der Waals surface area (Å²) in [5.74, 6) is 1.21. The van der Waals surface area contributed by atoms with E-state index in [0.717, 1.165) is 13.0 Å². The summed E-state index contributed by atoms with van der Waals surface area (Å²) in [6.07, 6.45) is 21.1. The largest absolute Gasteiger partial charge is 0.498 e. The van der Waals surface area contributed by atoms with Crippen molar-refractivity contribution in [1.29, 1.82) is 0 Å². The van der Waals surface area contributed by atoms with E-state index in [2.05, 4.69) is 26.8 Å². The van der Waals surface area contributed by atoms with Crippen LogP contribution in [0.2, 0.25) is 0 Å². The molecule has 0 bridgehead atoms. The Hall–Kier alpha value is -0.460. The molecule has 0 heterocycles. The summed E-state index contributed by atoms with van der Waals surface area (Å²) in [5, 5.41) is 0. The van der Waals surface area contributed by atoms with Crippen molar-refractivity contribution in [3.8, 4) is 0 Å². The van der Waals surface area contributed by atoms with Gasteiger partial charge in [-0.2, -0.15) is 0 Å². The van der Waals surface area contributed by atoms with E-state index in [9.17, 15) is 0 Å². The lowest BCUT2D eigenvalue weighted by molar-refractivity contribution is 0.194. The maximum atomic E-state index is 5.84. The second-order valence-electron chi connectivity index (χ2n) is 6.24. The van der Waals surface area contributed by atoms with Gasteiger partial charge in [0.1, 0.15) is 0 Å². The Morgan fingerprint density at radius 3 is 1.67 bits per heavy atom. The van der Waals surface area contributed by atoms with Gasteiger partial charge < -0.3 is 4.74 Å². The maximum absolute atomic E-state index is 5.84. The molecule has 0 N–H and O–H groups in total. The minimum Gasteiger partial charge on any atom is -0.498 e. The van der Waals surface area contributed by atoms with E-state index in [4.69, 9.17) is 4.74 Å². The van der Waals surface area contributed by atoms with Gasteiger partial charge >= 0.3 is 0 Å². The van der Waals surface area contributed by atoms with Crippen molar-refractivity contribution < 1.29 is 4.74 Å². The number of hydrogen-bond acceptors (Lipinski definition) is 1. The smallest absolute Gasteiger partial charge is 0.0917 e. The first-order chi connectivity index (χ1) is 10.3. The van der Waals surface area contributed by atoms with Crippen LogP contribution in [0.5, 0.6) is 0 Å². The number of rotatable bonds is 16. The minimum atomic E-state index is 0.908. The van der Waals surface area contributed by atoms with Crippen LogP contribution in [0.25, 0.3) is 0 Å². The van der Waals surface area contributed by atoms with E-state index < -0.39 is 0 Å². The number of ether oxygens (including phenoxy) is 1. The lowest BCUT2D eigenvalue weighted by Crippen LogP contribution is -1.95.